The number of carbonyl (C=O) groups excluding carboxylic acids is 2. The van der Waals surface area contributed by atoms with Crippen LogP contribution in [0.3, 0.4) is 0 Å². The van der Waals surface area contributed by atoms with Gasteiger partial charge in [-0.1, -0.05) is 18.6 Å². The van der Waals surface area contributed by atoms with Crippen LogP contribution in [0, 0.1) is 0 Å². The fourth-order valence-electron chi connectivity index (χ4n) is 1.45. The Morgan fingerprint density at radius 3 is 2.15 bits per heavy atom. The molecule has 0 heterocycles. The number of allylic oxidation sites excluding steroid dienone is 2. The molecule has 0 bridgehead atoms. The average Bonchev–Trinajstić information content (AvgIpc) is 2.47. The van der Waals surface area contributed by atoms with E-state index in [1.165, 1.54) is 0 Å². The number of unbranched alkanes of at least 4 members (excludes halogenated alkanes) is 3. The Bertz CT molecular complexity index is 334. The SMILES string of the molecule is C/C=C(\C)C(=O)NCCCCCCOC(=O)/C(C)=C/C. The lowest BCUT2D eigenvalue weighted by atomic mass is 10.2. The molecule has 0 fully saturated rings. The Balaban J connectivity index is 3.46. The normalized spacial score (nSPS) is 12.2. The predicted molar refractivity (Wildman–Crippen MR) is 81.3 cm³/mol. The van der Waals surface area contributed by atoms with Crippen LogP contribution >= 0.6 is 0 Å². The van der Waals surface area contributed by atoms with Gasteiger partial charge in [-0.25, -0.2) is 4.79 Å². The molecule has 0 rings (SSSR count). The molecule has 1 amide bonds. The zero-order valence-corrected chi connectivity index (χ0v) is 13.1. The van der Waals surface area contributed by atoms with Gasteiger partial charge in [-0.05, 0) is 47.0 Å². The number of nitrogens with one attached hydrogen (secondary N) is 1. The van der Waals surface area contributed by atoms with Crippen molar-refractivity contribution < 1.29 is 14.3 Å². The summed E-state index contributed by atoms with van der Waals surface area (Å²) in [6, 6.07) is 0. The third-order valence-corrected chi connectivity index (χ3v) is 3.14. The van der Waals surface area contributed by atoms with Gasteiger partial charge < -0.3 is 10.1 Å². The summed E-state index contributed by atoms with van der Waals surface area (Å²) in [5.74, 6) is -0.232. The number of amides is 1. The summed E-state index contributed by atoms with van der Waals surface area (Å²) in [6.07, 6.45) is 7.39. The van der Waals surface area contributed by atoms with Crippen molar-refractivity contribution in [1.29, 1.82) is 0 Å². The van der Waals surface area contributed by atoms with Crippen LogP contribution < -0.4 is 5.32 Å². The van der Waals surface area contributed by atoms with Gasteiger partial charge >= 0.3 is 5.97 Å². The van der Waals surface area contributed by atoms with E-state index in [1.54, 1.807) is 26.0 Å². The maximum Gasteiger partial charge on any atom is 0.333 e. The molecule has 0 aromatic carbocycles. The highest BCUT2D eigenvalue weighted by atomic mass is 16.5. The molecule has 0 atom stereocenters. The molecule has 0 unspecified atom stereocenters. The lowest BCUT2D eigenvalue weighted by molar-refractivity contribution is -0.139. The van der Waals surface area contributed by atoms with Gasteiger partial charge in [0.1, 0.15) is 0 Å². The second-order valence-electron chi connectivity index (χ2n) is 4.75. The van der Waals surface area contributed by atoms with Crippen LogP contribution in [0.15, 0.2) is 23.3 Å². The Labute approximate surface area is 122 Å². The highest BCUT2D eigenvalue weighted by molar-refractivity contribution is 5.92. The van der Waals surface area contributed by atoms with Crippen LogP contribution in [0.1, 0.15) is 53.4 Å². The summed E-state index contributed by atoms with van der Waals surface area (Å²) < 4.78 is 5.10. The lowest BCUT2D eigenvalue weighted by Gasteiger charge is -2.06. The Morgan fingerprint density at radius 1 is 0.950 bits per heavy atom. The second-order valence-corrected chi connectivity index (χ2v) is 4.75. The van der Waals surface area contributed by atoms with Crippen molar-refractivity contribution in [2.45, 2.75) is 53.4 Å². The fourth-order valence-corrected chi connectivity index (χ4v) is 1.45. The summed E-state index contributed by atoms with van der Waals surface area (Å²) >= 11 is 0. The quantitative estimate of drug-likeness (QED) is 0.401. The number of hydrogen-bond donors (Lipinski definition) is 1. The highest BCUT2D eigenvalue weighted by Crippen LogP contribution is 2.02. The molecule has 4 heteroatoms. The van der Waals surface area contributed by atoms with E-state index < -0.39 is 0 Å². The molecule has 4 nitrogen and oxygen atoms in total. The third-order valence-electron chi connectivity index (χ3n) is 3.14. The molecule has 0 aromatic heterocycles. The van der Waals surface area contributed by atoms with Gasteiger partial charge in [-0.3, -0.25) is 4.79 Å². The van der Waals surface area contributed by atoms with Crippen molar-refractivity contribution in [3.8, 4) is 0 Å². The first-order chi connectivity index (χ1) is 9.52. The molecule has 114 valence electrons. The molecular weight excluding hydrogens is 254 g/mol. The van der Waals surface area contributed by atoms with Crippen LogP contribution in [-0.2, 0) is 14.3 Å². The number of esters is 1. The van der Waals surface area contributed by atoms with Gasteiger partial charge in [0, 0.05) is 17.7 Å². The summed E-state index contributed by atoms with van der Waals surface area (Å²) in [5, 5.41) is 2.86. The molecule has 0 spiro atoms. The smallest absolute Gasteiger partial charge is 0.333 e. The summed E-state index contributed by atoms with van der Waals surface area (Å²) in [4.78, 5) is 22.8. The monoisotopic (exact) mass is 281 g/mol. The minimum atomic E-state index is -0.235. The van der Waals surface area contributed by atoms with Gasteiger partial charge in [0.05, 0.1) is 6.61 Å². The summed E-state index contributed by atoms with van der Waals surface area (Å²) in [5.41, 5.74) is 1.39. The van der Waals surface area contributed by atoms with E-state index in [0.29, 0.717) is 18.7 Å². The van der Waals surface area contributed by atoms with Gasteiger partial charge in [0.25, 0.3) is 0 Å². The van der Waals surface area contributed by atoms with Crippen LogP contribution in [0.2, 0.25) is 0 Å². The summed E-state index contributed by atoms with van der Waals surface area (Å²) in [6.45, 7) is 8.38. The Morgan fingerprint density at radius 2 is 1.55 bits per heavy atom. The molecule has 0 aliphatic carbocycles. The van der Waals surface area contributed by atoms with E-state index in [9.17, 15) is 9.59 Å². The van der Waals surface area contributed by atoms with Crippen molar-refractivity contribution >= 4 is 11.9 Å². The molecule has 20 heavy (non-hydrogen) atoms. The molecule has 0 aliphatic heterocycles. The van der Waals surface area contributed by atoms with Crippen LogP contribution in [0.4, 0.5) is 0 Å². The molecule has 0 aliphatic rings. The largest absolute Gasteiger partial charge is 0.462 e. The molecule has 0 saturated heterocycles. The zero-order valence-electron chi connectivity index (χ0n) is 13.1. The maximum absolute atomic E-state index is 11.4. The molecule has 0 aromatic rings. The maximum atomic E-state index is 11.4. The number of hydrogen-bond acceptors (Lipinski definition) is 3. The van der Waals surface area contributed by atoms with Gasteiger partial charge in [-0.15, -0.1) is 0 Å². The van der Waals surface area contributed by atoms with Crippen molar-refractivity contribution in [3.63, 3.8) is 0 Å². The van der Waals surface area contributed by atoms with Crippen LogP contribution in [0.5, 0.6) is 0 Å². The summed E-state index contributed by atoms with van der Waals surface area (Å²) in [7, 11) is 0. The number of rotatable bonds is 9. The van der Waals surface area contributed by atoms with E-state index in [1.807, 2.05) is 13.8 Å². The van der Waals surface area contributed by atoms with E-state index >= 15 is 0 Å². The fraction of sp³-hybridized carbons (Fsp3) is 0.625. The number of carbonyl (C=O) groups is 2. The molecule has 0 saturated carbocycles. The number of ether oxygens (including phenoxy) is 1. The van der Waals surface area contributed by atoms with Crippen LogP contribution in [0.25, 0.3) is 0 Å². The van der Waals surface area contributed by atoms with Crippen LogP contribution in [-0.4, -0.2) is 25.0 Å². The van der Waals surface area contributed by atoms with Crippen molar-refractivity contribution in [1.82, 2.24) is 5.32 Å². The Kier molecular flexibility index (Phi) is 10.4. The minimum Gasteiger partial charge on any atom is -0.462 e. The standard InChI is InChI=1S/C16H27NO3/c1-5-13(3)15(18)17-11-9-7-8-10-12-20-16(19)14(4)6-2/h5-6H,7-12H2,1-4H3,(H,17,18)/b13-5+,14-6+. The first kappa shape index (κ1) is 18.4. The van der Waals surface area contributed by atoms with Crippen molar-refractivity contribution in [2.24, 2.45) is 0 Å². The average molecular weight is 281 g/mol. The van der Waals surface area contributed by atoms with E-state index in [0.717, 1.165) is 31.3 Å². The zero-order chi connectivity index (χ0) is 15.4. The highest BCUT2D eigenvalue weighted by Gasteiger charge is 2.03. The van der Waals surface area contributed by atoms with E-state index in [-0.39, 0.29) is 11.9 Å². The molecule has 0 radical (unpaired) electrons. The van der Waals surface area contributed by atoms with Crippen molar-refractivity contribution in [2.75, 3.05) is 13.2 Å². The Hall–Kier alpha value is -1.58. The third kappa shape index (κ3) is 8.51. The predicted octanol–water partition coefficient (Wildman–Crippen LogP) is 3.14. The van der Waals surface area contributed by atoms with Gasteiger partial charge in [0.15, 0.2) is 0 Å². The van der Waals surface area contributed by atoms with E-state index in [2.05, 4.69) is 5.32 Å². The van der Waals surface area contributed by atoms with E-state index in [4.69, 9.17) is 4.74 Å². The minimum absolute atomic E-state index is 0.00302. The first-order valence-electron chi connectivity index (χ1n) is 7.24. The van der Waals surface area contributed by atoms with Gasteiger partial charge in [-0.2, -0.15) is 0 Å². The molecule has 1 N–H and O–H groups in total. The van der Waals surface area contributed by atoms with Crippen molar-refractivity contribution in [3.05, 3.63) is 23.3 Å². The van der Waals surface area contributed by atoms with Gasteiger partial charge in [0.2, 0.25) is 5.91 Å². The molecular formula is C16H27NO3. The lowest BCUT2D eigenvalue weighted by Crippen LogP contribution is -2.24. The second kappa shape index (κ2) is 11.3. The topological polar surface area (TPSA) is 55.4 Å². The first-order valence-corrected chi connectivity index (χ1v) is 7.24.